The molecule has 0 saturated carbocycles. The number of rotatable bonds is 8. The minimum absolute atomic E-state index is 0.601. The van der Waals surface area contributed by atoms with Crippen LogP contribution < -0.4 is 9.47 Å². The number of morpholine rings is 1. The number of aromatic nitrogens is 1. The van der Waals surface area contributed by atoms with Gasteiger partial charge in [-0.05, 0) is 49.1 Å². The van der Waals surface area contributed by atoms with Crippen LogP contribution >= 0.6 is 11.3 Å². The molecule has 0 aliphatic carbocycles. The van der Waals surface area contributed by atoms with Crippen LogP contribution in [0.25, 0.3) is 10.2 Å². The summed E-state index contributed by atoms with van der Waals surface area (Å²) in [6.45, 7) is 6.05. The lowest BCUT2D eigenvalue weighted by Crippen LogP contribution is -2.43. The van der Waals surface area contributed by atoms with Crippen LogP contribution in [0.3, 0.4) is 0 Å². The van der Waals surface area contributed by atoms with Crippen LogP contribution in [0.5, 0.6) is 16.7 Å². The van der Waals surface area contributed by atoms with Gasteiger partial charge in [0.25, 0.3) is 5.19 Å². The first-order valence-electron chi connectivity index (χ1n) is 10.3. The molecule has 0 bridgehead atoms. The number of benzene rings is 2. The number of fused-ring (bicyclic) bond motifs is 1. The van der Waals surface area contributed by atoms with Crippen LogP contribution in [-0.2, 0) is 11.2 Å². The maximum atomic E-state index is 6.04. The summed E-state index contributed by atoms with van der Waals surface area (Å²) < 4.78 is 18.3. The predicted octanol–water partition coefficient (Wildman–Crippen LogP) is 5.14. The Kier molecular flexibility index (Phi) is 6.64. The molecule has 154 valence electrons. The summed E-state index contributed by atoms with van der Waals surface area (Å²) in [6.07, 6.45) is 3.32. The Morgan fingerprint density at radius 1 is 1.14 bits per heavy atom. The first-order valence-corrected chi connectivity index (χ1v) is 11.1. The fourth-order valence-electron chi connectivity index (χ4n) is 3.86. The number of ether oxygens (including phenoxy) is 3. The number of hydrogen-bond acceptors (Lipinski definition) is 6. The highest BCUT2D eigenvalue weighted by Crippen LogP contribution is 2.36. The molecule has 0 amide bonds. The molecule has 0 radical (unpaired) electrons. The monoisotopic (exact) mass is 412 g/mol. The van der Waals surface area contributed by atoms with Crippen LogP contribution in [-0.4, -0.2) is 49.3 Å². The van der Waals surface area contributed by atoms with E-state index in [0.717, 1.165) is 61.5 Å². The number of nitrogens with zero attached hydrogens (tertiary/aromatic N) is 2. The molecule has 1 aromatic heterocycles. The average Bonchev–Trinajstić information content (AvgIpc) is 3.18. The van der Waals surface area contributed by atoms with E-state index in [4.69, 9.17) is 14.2 Å². The van der Waals surface area contributed by atoms with Gasteiger partial charge >= 0.3 is 0 Å². The van der Waals surface area contributed by atoms with Gasteiger partial charge in [-0.1, -0.05) is 36.5 Å². The summed E-state index contributed by atoms with van der Waals surface area (Å²) in [6, 6.07) is 14.9. The first kappa shape index (κ1) is 20.1. The molecule has 6 heteroatoms. The SMILES string of the molecule is CCC(CCc1ccc(Oc2nc3ccccc3s2)c(OC)c1)N1CCOCC1. The molecule has 1 aliphatic rings. The van der Waals surface area contributed by atoms with Crippen molar-refractivity contribution in [3.05, 3.63) is 48.0 Å². The van der Waals surface area contributed by atoms with Crippen molar-refractivity contribution in [2.24, 2.45) is 0 Å². The van der Waals surface area contributed by atoms with E-state index in [-0.39, 0.29) is 0 Å². The molecule has 1 fully saturated rings. The van der Waals surface area contributed by atoms with E-state index in [9.17, 15) is 0 Å². The molecule has 2 heterocycles. The number of thiazole rings is 1. The molecule has 29 heavy (non-hydrogen) atoms. The second-order valence-corrected chi connectivity index (χ2v) is 8.28. The lowest BCUT2D eigenvalue weighted by molar-refractivity contribution is 0.0140. The third-order valence-electron chi connectivity index (χ3n) is 5.50. The Morgan fingerprint density at radius 2 is 1.97 bits per heavy atom. The van der Waals surface area contributed by atoms with E-state index in [1.54, 1.807) is 18.4 Å². The van der Waals surface area contributed by atoms with E-state index in [0.29, 0.717) is 17.0 Å². The van der Waals surface area contributed by atoms with E-state index in [1.807, 2.05) is 24.3 Å². The molecule has 1 unspecified atom stereocenters. The third-order valence-corrected chi connectivity index (χ3v) is 6.41. The van der Waals surface area contributed by atoms with Crippen LogP contribution in [0.1, 0.15) is 25.3 Å². The standard InChI is InChI=1S/C23H28N2O3S/c1-3-18(25-12-14-27-15-13-25)10-8-17-9-11-20(21(16-17)26-2)28-23-24-19-6-4-5-7-22(19)29-23/h4-7,9,11,16,18H,3,8,10,12-15H2,1-2H3. The van der Waals surface area contributed by atoms with E-state index in [2.05, 4.69) is 35.0 Å². The largest absolute Gasteiger partial charge is 0.493 e. The maximum Gasteiger partial charge on any atom is 0.279 e. The zero-order valence-corrected chi connectivity index (χ0v) is 17.9. The van der Waals surface area contributed by atoms with Crippen LogP contribution in [0.4, 0.5) is 0 Å². The molecule has 5 nitrogen and oxygen atoms in total. The summed E-state index contributed by atoms with van der Waals surface area (Å²) in [5, 5.41) is 0.635. The molecular weight excluding hydrogens is 384 g/mol. The summed E-state index contributed by atoms with van der Waals surface area (Å²) in [4.78, 5) is 7.11. The van der Waals surface area contributed by atoms with Crippen molar-refractivity contribution in [2.45, 2.75) is 32.2 Å². The van der Waals surface area contributed by atoms with Gasteiger partial charge in [-0.3, -0.25) is 4.90 Å². The zero-order chi connectivity index (χ0) is 20.1. The fourth-order valence-corrected chi connectivity index (χ4v) is 4.69. The van der Waals surface area contributed by atoms with Crippen molar-refractivity contribution < 1.29 is 14.2 Å². The molecule has 0 spiro atoms. The highest BCUT2D eigenvalue weighted by Gasteiger charge is 2.19. The Hall–Kier alpha value is -2.15. The van der Waals surface area contributed by atoms with Crippen molar-refractivity contribution in [1.29, 1.82) is 0 Å². The quantitative estimate of drug-likeness (QED) is 0.512. The molecule has 3 aromatic rings. The molecule has 2 aromatic carbocycles. The summed E-state index contributed by atoms with van der Waals surface area (Å²) >= 11 is 1.54. The van der Waals surface area contributed by atoms with E-state index >= 15 is 0 Å². The number of hydrogen-bond donors (Lipinski definition) is 0. The van der Waals surface area contributed by atoms with Gasteiger partial charge in [0, 0.05) is 19.1 Å². The molecule has 4 rings (SSSR count). The van der Waals surface area contributed by atoms with Crippen molar-refractivity contribution in [2.75, 3.05) is 33.4 Å². The Bertz CT molecular complexity index is 904. The fraction of sp³-hybridized carbons (Fsp3) is 0.435. The summed E-state index contributed by atoms with van der Waals surface area (Å²) in [5.41, 5.74) is 2.22. The molecule has 1 saturated heterocycles. The molecular formula is C23H28N2O3S. The highest BCUT2D eigenvalue weighted by molar-refractivity contribution is 7.20. The lowest BCUT2D eigenvalue weighted by atomic mass is 10.0. The van der Waals surface area contributed by atoms with Gasteiger partial charge in [0.15, 0.2) is 11.5 Å². The number of methoxy groups -OCH3 is 1. The average molecular weight is 413 g/mol. The number of para-hydroxylation sites is 1. The summed E-state index contributed by atoms with van der Waals surface area (Å²) in [7, 11) is 1.69. The molecule has 1 atom stereocenters. The van der Waals surface area contributed by atoms with Gasteiger partial charge in [0.05, 0.1) is 30.5 Å². The molecule has 0 N–H and O–H groups in total. The van der Waals surface area contributed by atoms with Crippen LogP contribution in [0.15, 0.2) is 42.5 Å². The van der Waals surface area contributed by atoms with Crippen molar-refractivity contribution in [3.63, 3.8) is 0 Å². The third kappa shape index (κ3) is 4.89. The zero-order valence-electron chi connectivity index (χ0n) is 17.1. The Morgan fingerprint density at radius 3 is 2.72 bits per heavy atom. The molecule has 1 aliphatic heterocycles. The van der Waals surface area contributed by atoms with Crippen molar-refractivity contribution >= 4 is 21.6 Å². The smallest absolute Gasteiger partial charge is 0.279 e. The van der Waals surface area contributed by atoms with Gasteiger partial charge < -0.3 is 14.2 Å². The Labute approximate surface area is 176 Å². The van der Waals surface area contributed by atoms with E-state index < -0.39 is 0 Å². The van der Waals surface area contributed by atoms with Gasteiger partial charge in [-0.25, -0.2) is 4.98 Å². The van der Waals surface area contributed by atoms with Crippen molar-refractivity contribution in [3.8, 4) is 16.7 Å². The van der Waals surface area contributed by atoms with Crippen molar-refractivity contribution in [1.82, 2.24) is 9.88 Å². The first-order chi connectivity index (χ1) is 14.3. The topological polar surface area (TPSA) is 43.8 Å². The van der Waals surface area contributed by atoms with Gasteiger partial charge in [-0.15, -0.1) is 0 Å². The van der Waals surface area contributed by atoms with Gasteiger partial charge in [0.1, 0.15) is 0 Å². The second-order valence-electron chi connectivity index (χ2n) is 7.28. The Balaban J connectivity index is 1.43. The maximum absolute atomic E-state index is 6.04. The predicted molar refractivity (Wildman–Crippen MR) is 117 cm³/mol. The minimum atomic E-state index is 0.601. The number of aryl methyl sites for hydroxylation is 1. The lowest BCUT2D eigenvalue weighted by Gasteiger charge is -2.34. The van der Waals surface area contributed by atoms with Crippen LogP contribution in [0.2, 0.25) is 0 Å². The minimum Gasteiger partial charge on any atom is -0.493 e. The highest BCUT2D eigenvalue weighted by atomic mass is 32.1. The normalized spacial score (nSPS) is 16.1. The summed E-state index contributed by atoms with van der Waals surface area (Å²) in [5.74, 6) is 1.46. The van der Waals surface area contributed by atoms with Gasteiger partial charge in [0.2, 0.25) is 0 Å². The van der Waals surface area contributed by atoms with E-state index in [1.165, 1.54) is 5.56 Å². The van der Waals surface area contributed by atoms with Gasteiger partial charge in [-0.2, -0.15) is 0 Å². The van der Waals surface area contributed by atoms with Crippen LogP contribution in [0, 0.1) is 0 Å². The second kappa shape index (κ2) is 9.57.